The van der Waals surface area contributed by atoms with Crippen molar-refractivity contribution in [3.05, 3.63) is 53.1 Å². The molecule has 104 valence electrons. The van der Waals surface area contributed by atoms with Gasteiger partial charge in [0.15, 0.2) is 0 Å². The highest BCUT2D eigenvalue weighted by molar-refractivity contribution is 6.30. The molecule has 0 saturated heterocycles. The number of benzene rings is 2. The highest BCUT2D eigenvalue weighted by Crippen LogP contribution is 2.22. The summed E-state index contributed by atoms with van der Waals surface area (Å²) in [5.41, 5.74) is 4.28. The monoisotopic (exact) mass is 290 g/mol. The summed E-state index contributed by atoms with van der Waals surface area (Å²) in [5.74, 6) is 0.755. The van der Waals surface area contributed by atoms with Crippen molar-refractivity contribution >= 4 is 23.5 Å². The van der Waals surface area contributed by atoms with Gasteiger partial charge in [0.2, 0.25) is 0 Å². The summed E-state index contributed by atoms with van der Waals surface area (Å²) in [6, 6.07) is 12.3. The molecule has 0 aliphatic rings. The van der Waals surface area contributed by atoms with E-state index >= 15 is 0 Å². The summed E-state index contributed by atoms with van der Waals surface area (Å²) in [4.78, 5) is 0. The third-order valence-corrected chi connectivity index (χ3v) is 2.81. The number of hydrazone groups is 1. The van der Waals surface area contributed by atoms with Gasteiger partial charge in [-0.3, -0.25) is 5.43 Å². The van der Waals surface area contributed by atoms with Crippen LogP contribution in [0.3, 0.4) is 0 Å². The van der Waals surface area contributed by atoms with Crippen molar-refractivity contribution in [3.8, 4) is 11.5 Å². The maximum atomic E-state index is 9.84. The normalized spacial score (nSPS) is 10.7. The molecule has 0 unspecified atom stereocenters. The van der Waals surface area contributed by atoms with Crippen molar-refractivity contribution in [2.45, 2.75) is 6.92 Å². The molecular formula is C15H15ClN2O2. The maximum Gasteiger partial charge on any atom is 0.128 e. The second kappa shape index (κ2) is 6.82. The number of aromatic hydroxyl groups is 1. The number of anilines is 1. The first-order chi connectivity index (χ1) is 9.69. The standard InChI is InChI=1S/C15H15ClN2O2/c1-2-20-14-8-3-11(15(19)9-14)10-17-18-13-6-4-12(16)5-7-13/h3-10,18-19H,2H2,1H3/b17-10+. The van der Waals surface area contributed by atoms with E-state index < -0.39 is 0 Å². The van der Waals surface area contributed by atoms with Crippen LogP contribution < -0.4 is 10.2 Å². The molecule has 5 heteroatoms. The minimum Gasteiger partial charge on any atom is -0.507 e. The molecule has 0 aromatic heterocycles. The number of ether oxygens (including phenoxy) is 1. The Kier molecular flexibility index (Phi) is 4.85. The molecule has 0 fully saturated rings. The number of nitrogens with zero attached hydrogens (tertiary/aromatic N) is 1. The molecule has 2 N–H and O–H groups in total. The van der Waals surface area contributed by atoms with Crippen molar-refractivity contribution in [1.29, 1.82) is 0 Å². The van der Waals surface area contributed by atoms with E-state index in [2.05, 4.69) is 10.5 Å². The Morgan fingerprint density at radius 3 is 2.65 bits per heavy atom. The Labute approximate surface area is 122 Å². The summed E-state index contributed by atoms with van der Waals surface area (Å²) < 4.78 is 5.29. The zero-order chi connectivity index (χ0) is 14.4. The molecule has 2 aromatic carbocycles. The first-order valence-corrected chi connectivity index (χ1v) is 6.57. The highest BCUT2D eigenvalue weighted by Gasteiger charge is 2.00. The Bertz CT molecular complexity index is 597. The highest BCUT2D eigenvalue weighted by atomic mass is 35.5. The van der Waals surface area contributed by atoms with E-state index in [1.165, 1.54) is 0 Å². The smallest absolute Gasteiger partial charge is 0.128 e. The third-order valence-electron chi connectivity index (χ3n) is 2.55. The van der Waals surface area contributed by atoms with Crippen molar-refractivity contribution in [2.24, 2.45) is 5.10 Å². The lowest BCUT2D eigenvalue weighted by atomic mass is 10.2. The van der Waals surface area contributed by atoms with Crippen LogP contribution >= 0.6 is 11.6 Å². The lowest BCUT2D eigenvalue weighted by Crippen LogP contribution is -1.93. The summed E-state index contributed by atoms with van der Waals surface area (Å²) in [6.07, 6.45) is 1.54. The Hall–Kier alpha value is -2.20. The van der Waals surface area contributed by atoms with Crippen LogP contribution in [0.25, 0.3) is 0 Å². The molecule has 2 rings (SSSR count). The molecule has 0 bridgehead atoms. The number of halogens is 1. The molecular weight excluding hydrogens is 276 g/mol. The van der Waals surface area contributed by atoms with Gasteiger partial charge < -0.3 is 9.84 Å². The van der Waals surface area contributed by atoms with Crippen molar-refractivity contribution in [1.82, 2.24) is 0 Å². The van der Waals surface area contributed by atoms with Gasteiger partial charge in [0.05, 0.1) is 18.5 Å². The van der Waals surface area contributed by atoms with Crippen LogP contribution in [-0.4, -0.2) is 17.9 Å². The number of hydrogen-bond donors (Lipinski definition) is 2. The first-order valence-electron chi connectivity index (χ1n) is 6.19. The van der Waals surface area contributed by atoms with Crippen LogP contribution in [0.2, 0.25) is 5.02 Å². The van der Waals surface area contributed by atoms with E-state index in [1.54, 1.807) is 36.5 Å². The van der Waals surface area contributed by atoms with Crippen LogP contribution in [0.15, 0.2) is 47.6 Å². The van der Waals surface area contributed by atoms with E-state index in [4.69, 9.17) is 16.3 Å². The number of nitrogens with one attached hydrogen (secondary N) is 1. The largest absolute Gasteiger partial charge is 0.507 e. The molecule has 0 amide bonds. The van der Waals surface area contributed by atoms with E-state index in [0.29, 0.717) is 22.9 Å². The van der Waals surface area contributed by atoms with Gasteiger partial charge in [-0.25, -0.2) is 0 Å². The third kappa shape index (κ3) is 3.90. The van der Waals surface area contributed by atoms with Crippen LogP contribution in [-0.2, 0) is 0 Å². The molecule has 20 heavy (non-hydrogen) atoms. The number of hydrogen-bond acceptors (Lipinski definition) is 4. The lowest BCUT2D eigenvalue weighted by Gasteiger charge is -2.05. The predicted molar refractivity (Wildman–Crippen MR) is 81.9 cm³/mol. The van der Waals surface area contributed by atoms with Gasteiger partial charge in [0.1, 0.15) is 11.5 Å². The fourth-order valence-electron chi connectivity index (χ4n) is 1.59. The molecule has 4 nitrogen and oxygen atoms in total. The zero-order valence-electron chi connectivity index (χ0n) is 11.0. The molecule has 0 atom stereocenters. The van der Waals surface area contributed by atoms with Crippen LogP contribution in [0.4, 0.5) is 5.69 Å². The molecule has 0 aliphatic carbocycles. The Balaban J connectivity index is 2.02. The maximum absolute atomic E-state index is 9.84. The summed E-state index contributed by atoms with van der Waals surface area (Å²) in [5, 5.41) is 14.6. The Morgan fingerprint density at radius 2 is 2.00 bits per heavy atom. The van der Waals surface area contributed by atoms with Gasteiger partial charge in [-0.2, -0.15) is 5.10 Å². The van der Waals surface area contributed by atoms with E-state index in [0.717, 1.165) is 5.69 Å². The number of phenolic OH excluding ortho intramolecular Hbond substituents is 1. The fourth-order valence-corrected chi connectivity index (χ4v) is 1.72. The molecule has 0 radical (unpaired) electrons. The second-order valence-corrected chi connectivity index (χ2v) is 4.47. The van der Waals surface area contributed by atoms with Gasteiger partial charge in [0, 0.05) is 16.7 Å². The van der Waals surface area contributed by atoms with E-state index in [1.807, 2.05) is 19.1 Å². The Morgan fingerprint density at radius 1 is 1.25 bits per heavy atom. The predicted octanol–water partition coefficient (Wildman–Crippen LogP) is 3.89. The first kappa shape index (κ1) is 14.2. The molecule has 0 heterocycles. The number of phenols is 1. The van der Waals surface area contributed by atoms with Gasteiger partial charge in [-0.15, -0.1) is 0 Å². The molecule has 0 aliphatic heterocycles. The van der Waals surface area contributed by atoms with Crippen LogP contribution in [0.5, 0.6) is 11.5 Å². The SMILES string of the molecule is CCOc1ccc(/C=N/Nc2ccc(Cl)cc2)c(O)c1. The van der Waals surface area contributed by atoms with Crippen LogP contribution in [0, 0.1) is 0 Å². The van der Waals surface area contributed by atoms with Gasteiger partial charge in [0.25, 0.3) is 0 Å². The molecule has 2 aromatic rings. The molecule has 0 spiro atoms. The topological polar surface area (TPSA) is 53.8 Å². The summed E-state index contributed by atoms with van der Waals surface area (Å²) in [7, 11) is 0. The minimum absolute atomic E-state index is 0.123. The van der Waals surface area contributed by atoms with E-state index in [9.17, 15) is 5.11 Å². The van der Waals surface area contributed by atoms with Crippen molar-refractivity contribution in [2.75, 3.05) is 12.0 Å². The number of rotatable bonds is 5. The quantitative estimate of drug-likeness (QED) is 0.649. The van der Waals surface area contributed by atoms with Crippen molar-refractivity contribution in [3.63, 3.8) is 0 Å². The molecule has 0 saturated carbocycles. The average molecular weight is 291 g/mol. The van der Waals surface area contributed by atoms with Gasteiger partial charge >= 0.3 is 0 Å². The lowest BCUT2D eigenvalue weighted by molar-refractivity contribution is 0.337. The summed E-state index contributed by atoms with van der Waals surface area (Å²) >= 11 is 5.79. The van der Waals surface area contributed by atoms with Crippen molar-refractivity contribution < 1.29 is 9.84 Å². The van der Waals surface area contributed by atoms with E-state index in [-0.39, 0.29) is 5.75 Å². The van der Waals surface area contributed by atoms with Gasteiger partial charge in [-0.1, -0.05) is 11.6 Å². The average Bonchev–Trinajstić information content (AvgIpc) is 2.44. The fraction of sp³-hybridized carbons (Fsp3) is 0.133. The summed E-state index contributed by atoms with van der Waals surface area (Å²) in [6.45, 7) is 2.45. The minimum atomic E-state index is 0.123. The second-order valence-electron chi connectivity index (χ2n) is 4.03. The van der Waals surface area contributed by atoms with Crippen LogP contribution in [0.1, 0.15) is 12.5 Å². The van der Waals surface area contributed by atoms with Gasteiger partial charge in [-0.05, 0) is 43.3 Å². The zero-order valence-corrected chi connectivity index (χ0v) is 11.8.